The summed E-state index contributed by atoms with van der Waals surface area (Å²) in [6.07, 6.45) is 0. The van der Waals surface area contributed by atoms with E-state index in [-0.39, 0.29) is 27.7 Å². The van der Waals surface area contributed by atoms with Gasteiger partial charge >= 0.3 is 5.97 Å². The largest absolute Gasteiger partial charge is 0.464 e. The molecule has 2 aliphatic rings. The number of methoxy groups -OCH3 is 1. The van der Waals surface area contributed by atoms with E-state index in [4.69, 9.17) is 16.3 Å². The Morgan fingerprint density at radius 3 is 2.67 bits per heavy atom. The summed E-state index contributed by atoms with van der Waals surface area (Å²) in [5.41, 5.74) is 0.371. The number of fused-ring (bicyclic) bond motifs is 1. The molecule has 0 spiro atoms. The van der Waals surface area contributed by atoms with Gasteiger partial charge < -0.3 is 4.74 Å². The maximum atomic E-state index is 13.6. The van der Waals surface area contributed by atoms with Crippen molar-refractivity contribution in [2.45, 2.75) is 5.54 Å². The lowest BCUT2D eigenvalue weighted by Crippen LogP contribution is -2.48. The van der Waals surface area contributed by atoms with E-state index in [9.17, 15) is 24.5 Å². The van der Waals surface area contributed by atoms with Crippen LogP contribution < -0.4 is 10.3 Å². The molecule has 152 valence electrons. The molecule has 0 saturated carbocycles. The molecule has 1 N–H and O–H groups in total. The number of non-ortho nitro benzene ring substituents is 1. The number of anilines is 1. The van der Waals surface area contributed by atoms with Crippen molar-refractivity contribution in [3.05, 3.63) is 69.2 Å². The van der Waals surface area contributed by atoms with Gasteiger partial charge in [0.25, 0.3) is 11.6 Å². The number of para-hydroxylation sites is 1. The van der Waals surface area contributed by atoms with Gasteiger partial charge in [0, 0.05) is 12.1 Å². The molecule has 30 heavy (non-hydrogen) atoms. The number of hydrogen-bond acceptors (Lipinski definition) is 8. The first kappa shape index (κ1) is 19.5. The molecule has 11 heteroatoms. The predicted octanol–water partition coefficient (Wildman–Crippen LogP) is 1.77. The van der Waals surface area contributed by atoms with Crippen molar-refractivity contribution >= 4 is 46.5 Å². The highest BCUT2D eigenvalue weighted by Gasteiger charge is 2.67. The molecule has 4 rings (SSSR count). The van der Waals surface area contributed by atoms with Crippen LogP contribution in [0.2, 0.25) is 5.02 Å². The van der Waals surface area contributed by atoms with E-state index >= 15 is 0 Å². The zero-order valence-corrected chi connectivity index (χ0v) is 16.1. The quantitative estimate of drug-likeness (QED) is 0.339. The Kier molecular flexibility index (Phi) is 4.50. The minimum atomic E-state index is -1.86. The SMILES string of the molecule is COC(=O)C1=NN[C@]2(c3cccc([N+](=O)[O-])c3)C(=O)N(c3ccccc3Cl)C(=O)[C@H]12. The third-order valence-corrected chi connectivity index (χ3v) is 5.39. The fraction of sp³-hybridized carbons (Fsp3) is 0.158. The van der Waals surface area contributed by atoms with Crippen LogP contribution in [0.1, 0.15) is 5.56 Å². The molecule has 1 fully saturated rings. The predicted molar refractivity (Wildman–Crippen MR) is 105 cm³/mol. The Hall–Kier alpha value is -3.79. The average Bonchev–Trinajstić information content (AvgIpc) is 3.24. The molecule has 2 heterocycles. The van der Waals surface area contributed by atoms with Crippen molar-refractivity contribution in [3.63, 3.8) is 0 Å². The maximum Gasteiger partial charge on any atom is 0.355 e. The number of nitrogens with one attached hydrogen (secondary N) is 1. The van der Waals surface area contributed by atoms with Crippen molar-refractivity contribution in [2.24, 2.45) is 11.0 Å². The van der Waals surface area contributed by atoms with Crippen molar-refractivity contribution in [2.75, 3.05) is 12.0 Å². The number of amides is 2. The van der Waals surface area contributed by atoms with Gasteiger partial charge in [0.15, 0.2) is 11.3 Å². The number of halogens is 1. The molecule has 2 aliphatic heterocycles. The van der Waals surface area contributed by atoms with Gasteiger partial charge in [-0.15, -0.1) is 0 Å². The summed E-state index contributed by atoms with van der Waals surface area (Å²) in [6.45, 7) is 0. The number of nitro benzene ring substituents is 1. The summed E-state index contributed by atoms with van der Waals surface area (Å²) in [7, 11) is 1.12. The smallest absolute Gasteiger partial charge is 0.355 e. The first-order valence-electron chi connectivity index (χ1n) is 8.64. The highest BCUT2D eigenvalue weighted by molar-refractivity contribution is 6.48. The zero-order chi connectivity index (χ0) is 21.6. The van der Waals surface area contributed by atoms with Crippen LogP contribution in [-0.4, -0.2) is 35.5 Å². The Labute approximate surface area is 174 Å². The second-order valence-electron chi connectivity index (χ2n) is 6.58. The molecule has 1 saturated heterocycles. The van der Waals surface area contributed by atoms with Gasteiger partial charge in [0.05, 0.1) is 22.7 Å². The zero-order valence-electron chi connectivity index (χ0n) is 15.4. The van der Waals surface area contributed by atoms with E-state index in [2.05, 4.69) is 10.5 Å². The van der Waals surface area contributed by atoms with Crippen LogP contribution in [0.5, 0.6) is 0 Å². The summed E-state index contributed by atoms with van der Waals surface area (Å²) in [5.74, 6) is -3.82. The Morgan fingerprint density at radius 1 is 1.27 bits per heavy atom. The van der Waals surface area contributed by atoms with E-state index in [0.29, 0.717) is 0 Å². The minimum absolute atomic E-state index is 0.109. The van der Waals surface area contributed by atoms with Crippen LogP contribution in [0.25, 0.3) is 0 Å². The molecule has 0 aliphatic carbocycles. The van der Waals surface area contributed by atoms with E-state index in [1.807, 2.05) is 0 Å². The number of benzene rings is 2. The van der Waals surface area contributed by atoms with Crippen LogP contribution >= 0.6 is 11.6 Å². The maximum absolute atomic E-state index is 13.6. The van der Waals surface area contributed by atoms with Crippen LogP contribution in [0.4, 0.5) is 11.4 Å². The highest BCUT2D eigenvalue weighted by Crippen LogP contribution is 2.46. The molecule has 0 bridgehead atoms. The van der Waals surface area contributed by atoms with Crippen molar-refractivity contribution in [1.82, 2.24) is 5.43 Å². The van der Waals surface area contributed by atoms with Crippen molar-refractivity contribution in [3.8, 4) is 0 Å². The Balaban J connectivity index is 1.93. The first-order chi connectivity index (χ1) is 14.3. The number of esters is 1. The number of carbonyl (C=O) groups excluding carboxylic acids is 3. The second-order valence-corrected chi connectivity index (χ2v) is 6.99. The standard InChI is InChI=1S/C19H13ClN4O6/c1-30-17(26)15-14-16(25)23(13-8-3-2-7-12(13)20)18(27)19(14,22-21-15)10-5-4-6-11(9-10)24(28)29/h2-9,14,22H,1H3/t14-,19-/m0/s1. The molecule has 0 unspecified atom stereocenters. The number of rotatable bonds is 4. The van der Waals surface area contributed by atoms with Gasteiger partial charge in [-0.1, -0.05) is 35.9 Å². The number of hydrazone groups is 1. The summed E-state index contributed by atoms with van der Waals surface area (Å²) in [6, 6.07) is 11.5. The van der Waals surface area contributed by atoms with Crippen LogP contribution in [-0.2, 0) is 24.7 Å². The number of nitrogens with zero attached hydrogens (tertiary/aromatic N) is 3. The molecule has 10 nitrogen and oxygen atoms in total. The number of nitro groups is 1. The van der Waals surface area contributed by atoms with Gasteiger partial charge in [0.2, 0.25) is 5.91 Å². The van der Waals surface area contributed by atoms with Crippen molar-refractivity contribution < 1.29 is 24.0 Å². The average molecular weight is 429 g/mol. The Bertz CT molecular complexity index is 1150. The third kappa shape index (κ3) is 2.57. The highest BCUT2D eigenvalue weighted by atomic mass is 35.5. The van der Waals surface area contributed by atoms with Gasteiger partial charge in [0.1, 0.15) is 5.92 Å². The fourth-order valence-corrected chi connectivity index (χ4v) is 3.93. The number of ether oxygens (including phenoxy) is 1. The number of imide groups is 1. The second kappa shape index (κ2) is 6.92. The van der Waals surface area contributed by atoms with Crippen molar-refractivity contribution in [1.29, 1.82) is 0 Å². The van der Waals surface area contributed by atoms with E-state index < -0.39 is 34.2 Å². The molecule has 0 radical (unpaired) electrons. The molecule has 2 amide bonds. The third-order valence-electron chi connectivity index (χ3n) is 5.07. The van der Waals surface area contributed by atoms with E-state index in [1.54, 1.807) is 12.1 Å². The normalized spacial score (nSPS) is 22.4. The molecule has 2 atom stereocenters. The van der Waals surface area contributed by atoms with Gasteiger partial charge in [-0.25, -0.2) is 9.69 Å². The summed E-state index contributed by atoms with van der Waals surface area (Å²) in [4.78, 5) is 50.7. The van der Waals surface area contributed by atoms with Gasteiger partial charge in [-0.3, -0.25) is 25.1 Å². The van der Waals surface area contributed by atoms with Crippen LogP contribution in [0.3, 0.4) is 0 Å². The van der Waals surface area contributed by atoms with Gasteiger partial charge in [-0.2, -0.15) is 5.10 Å². The number of carbonyl (C=O) groups is 3. The van der Waals surface area contributed by atoms with Crippen LogP contribution in [0, 0.1) is 16.0 Å². The van der Waals surface area contributed by atoms with E-state index in [0.717, 1.165) is 18.1 Å². The van der Waals surface area contributed by atoms with E-state index in [1.165, 1.54) is 30.3 Å². The monoisotopic (exact) mass is 428 g/mol. The topological polar surface area (TPSA) is 131 Å². The Morgan fingerprint density at radius 2 is 2.00 bits per heavy atom. The van der Waals surface area contributed by atoms with Gasteiger partial charge in [-0.05, 0) is 17.7 Å². The lowest BCUT2D eigenvalue weighted by molar-refractivity contribution is -0.385. The minimum Gasteiger partial charge on any atom is -0.464 e. The lowest BCUT2D eigenvalue weighted by atomic mass is 9.78. The number of hydrogen-bond donors (Lipinski definition) is 1. The fourth-order valence-electron chi connectivity index (χ4n) is 3.71. The molecule has 0 aromatic heterocycles. The first-order valence-corrected chi connectivity index (χ1v) is 9.01. The lowest BCUT2D eigenvalue weighted by Gasteiger charge is -2.26. The molecular weight excluding hydrogens is 416 g/mol. The summed E-state index contributed by atoms with van der Waals surface area (Å²) >= 11 is 6.20. The molecule has 2 aromatic carbocycles. The molecule has 2 aromatic rings. The summed E-state index contributed by atoms with van der Waals surface area (Å²) < 4.78 is 4.71. The molecular formula is C19H13ClN4O6. The van der Waals surface area contributed by atoms with Crippen LogP contribution in [0.15, 0.2) is 53.6 Å². The summed E-state index contributed by atoms with van der Waals surface area (Å²) in [5, 5.41) is 15.3.